The van der Waals surface area contributed by atoms with Gasteiger partial charge in [0, 0.05) is 12.1 Å². The summed E-state index contributed by atoms with van der Waals surface area (Å²) in [5, 5.41) is 8.03. The molecule has 3 N–H and O–H groups in total. The average molecular weight is 242 g/mol. The molecule has 1 unspecified atom stereocenters. The Morgan fingerprint density at radius 2 is 2.19 bits per heavy atom. The van der Waals surface area contributed by atoms with Gasteiger partial charge in [-0.05, 0) is 6.07 Å². The van der Waals surface area contributed by atoms with Crippen molar-refractivity contribution in [3.8, 4) is 5.75 Å². The summed E-state index contributed by atoms with van der Waals surface area (Å²) in [5.41, 5.74) is 1.07. The van der Waals surface area contributed by atoms with Crippen molar-refractivity contribution in [2.45, 2.75) is 6.04 Å². The molecule has 1 atom stereocenters. The molecule has 2 rings (SSSR count). The minimum atomic E-state index is -3.40. The van der Waals surface area contributed by atoms with Gasteiger partial charge in [0.2, 0.25) is 10.0 Å². The second kappa shape index (κ2) is 4.40. The molecule has 88 valence electrons. The van der Waals surface area contributed by atoms with Crippen LogP contribution < -0.4 is 15.2 Å². The predicted octanol–water partition coefficient (Wildman–Crippen LogP) is -0.00180. The number of fused-ring (bicyclic) bond motifs is 1. The third-order valence-electron chi connectivity index (χ3n) is 2.48. The highest BCUT2D eigenvalue weighted by Crippen LogP contribution is 2.31. The summed E-state index contributed by atoms with van der Waals surface area (Å²) in [6.45, 7) is 0.866. The molecule has 0 saturated carbocycles. The first-order chi connectivity index (χ1) is 7.56. The van der Waals surface area contributed by atoms with E-state index < -0.39 is 10.0 Å². The van der Waals surface area contributed by atoms with Crippen molar-refractivity contribution in [1.29, 1.82) is 0 Å². The maximum Gasteiger partial charge on any atom is 0.210 e. The lowest BCUT2D eigenvalue weighted by molar-refractivity contribution is 0.313. The van der Waals surface area contributed by atoms with Gasteiger partial charge in [-0.1, -0.05) is 18.2 Å². The molecule has 5 nitrogen and oxygen atoms in total. The highest BCUT2D eigenvalue weighted by Gasteiger charge is 2.22. The smallest absolute Gasteiger partial charge is 0.210 e. The second-order valence-electron chi connectivity index (χ2n) is 3.72. The molecule has 16 heavy (non-hydrogen) atoms. The zero-order valence-corrected chi connectivity index (χ0v) is 9.53. The Labute approximate surface area is 94.6 Å². The summed E-state index contributed by atoms with van der Waals surface area (Å²) in [5.74, 6) is 0.793. The number of ether oxygens (including phenoxy) is 1. The Morgan fingerprint density at radius 1 is 1.44 bits per heavy atom. The summed E-state index contributed by atoms with van der Waals surface area (Å²) < 4.78 is 27.0. The van der Waals surface area contributed by atoms with E-state index in [1.54, 1.807) is 0 Å². The van der Waals surface area contributed by atoms with Crippen LogP contribution >= 0.6 is 0 Å². The van der Waals surface area contributed by atoms with Gasteiger partial charge >= 0.3 is 0 Å². The normalized spacial score (nSPS) is 19.2. The molecule has 1 heterocycles. The lowest BCUT2D eigenvalue weighted by atomic mass is 10.1. The Morgan fingerprint density at radius 3 is 2.94 bits per heavy atom. The van der Waals surface area contributed by atoms with E-state index in [4.69, 9.17) is 9.88 Å². The molecule has 0 spiro atoms. The van der Waals surface area contributed by atoms with Gasteiger partial charge in [-0.15, -0.1) is 0 Å². The van der Waals surface area contributed by atoms with Crippen molar-refractivity contribution >= 4 is 10.0 Å². The first-order valence-corrected chi connectivity index (χ1v) is 6.73. The van der Waals surface area contributed by atoms with Crippen LogP contribution in [-0.4, -0.2) is 27.3 Å². The van der Waals surface area contributed by atoms with Crippen molar-refractivity contribution in [2.75, 3.05) is 18.9 Å². The molecular weight excluding hydrogens is 228 g/mol. The Kier molecular flexibility index (Phi) is 3.13. The number of benzene rings is 1. The van der Waals surface area contributed by atoms with E-state index in [0.29, 0.717) is 13.2 Å². The van der Waals surface area contributed by atoms with Gasteiger partial charge in [0.1, 0.15) is 12.4 Å². The molecule has 1 aliphatic heterocycles. The Bertz CT molecular complexity index is 473. The van der Waals surface area contributed by atoms with Crippen LogP contribution in [0, 0.1) is 0 Å². The van der Waals surface area contributed by atoms with Crippen LogP contribution in [0.2, 0.25) is 0 Å². The van der Waals surface area contributed by atoms with E-state index in [1.165, 1.54) is 0 Å². The van der Waals surface area contributed by atoms with Crippen LogP contribution in [0.1, 0.15) is 11.6 Å². The van der Waals surface area contributed by atoms with Crippen LogP contribution in [0.15, 0.2) is 24.3 Å². The number of primary sulfonamides is 1. The topological polar surface area (TPSA) is 81.4 Å². The van der Waals surface area contributed by atoms with Crippen LogP contribution in [-0.2, 0) is 10.0 Å². The van der Waals surface area contributed by atoms with Crippen LogP contribution in [0.3, 0.4) is 0 Å². The average Bonchev–Trinajstić information content (AvgIpc) is 2.60. The quantitative estimate of drug-likeness (QED) is 0.778. The van der Waals surface area contributed by atoms with E-state index >= 15 is 0 Å². The largest absolute Gasteiger partial charge is 0.491 e. The van der Waals surface area contributed by atoms with E-state index in [1.807, 2.05) is 24.3 Å². The zero-order valence-electron chi connectivity index (χ0n) is 8.72. The summed E-state index contributed by atoms with van der Waals surface area (Å²) in [6, 6.07) is 7.76. The molecule has 0 bridgehead atoms. The molecule has 1 aromatic carbocycles. The third kappa shape index (κ3) is 2.72. The lowest BCUT2D eigenvalue weighted by Gasteiger charge is -2.10. The second-order valence-corrected chi connectivity index (χ2v) is 5.46. The number of nitrogens with one attached hydrogen (secondary N) is 1. The molecule has 1 aliphatic rings. The minimum absolute atomic E-state index is 0.0537. The van der Waals surface area contributed by atoms with E-state index in [9.17, 15) is 8.42 Å². The highest BCUT2D eigenvalue weighted by molar-refractivity contribution is 7.89. The summed E-state index contributed by atoms with van der Waals surface area (Å²) in [6.07, 6.45) is 0. The summed E-state index contributed by atoms with van der Waals surface area (Å²) >= 11 is 0. The van der Waals surface area contributed by atoms with E-state index in [2.05, 4.69) is 5.32 Å². The van der Waals surface area contributed by atoms with Crippen molar-refractivity contribution in [3.63, 3.8) is 0 Å². The molecule has 0 amide bonds. The summed E-state index contributed by atoms with van der Waals surface area (Å²) in [7, 11) is -3.40. The fourth-order valence-electron chi connectivity index (χ4n) is 1.71. The number of para-hydroxylation sites is 1. The van der Waals surface area contributed by atoms with Gasteiger partial charge in [0.25, 0.3) is 0 Å². The lowest BCUT2D eigenvalue weighted by Crippen LogP contribution is -2.30. The van der Waals surface area contributed by atoms with Gasteiger partial charge in [0.15, 0.2) is 0 Å². The third-order valence-corrected chi connectivity index (χ3v) is 3.25. The first-order valence-electron chi connectivity index (χ1n) is 5.02. The predicted molar refractivity (Wildman–Crippen MR) is 60.7 cm³/mol. The Balaban J connectivity index is 1.94. The number of nitrogens with two attached hydrogens (primary N) is 1. The maximum absolute atomic E-state index is 10.8. The van der Waals surface area contributed by atoms with Crippen molar-refractivity contribution in [1.82, 2.24) is 5.32 Å². The standard InChI is InChI=1S/C10H14N2O3S/c11-16(13,14)6-5-12-9-7-15-10-4-2-1-3-8(9)10/h1-4,9,12H,5-7H2,(H2,11,13,14). The fraction of sp³-hybridized carbons (Fsp3) is 0.400. The molecule has 0 aromatic heterocycles. The minimum Gasteiger partial charge on any atom is -0.491 e. The molecule has 0 aliphatic carbocycles. The van der Waals surface area contributed by atoms with Gasteiger partial charge in [-0.2, -0.15) is 0 Å². The Hall–Kier alpha value is -1.11. The highest BCUT2D eigenvalue weighted by atomic mass is 32.2. The molecule has 1 aromatic rings. The molecular formula is C10H14N2O3S. The molecule has 0 radical (unpaired) electrons. The number of hydrogen-bond acceptors (Lipinski definition) is 4. The van der Waals surface area contributed by atoms with Crippen molar-refractivity contribution in [2.24, 2.45) is 5.14 Å². The number of rotatable bonds is 4. The van der Waals surface area contributed by atoms with Gasteiger partial charge in [-0.25, -0.2) is 13.6 Å². The van der Waals surface area contributed by atoms with Crippen molar-refractivity contribution < 1.29 is 13.2 Å². The van der Waals surface area contributed by atoms with Gasteiger partial charge < -0.3 is 10.1 Å². The molecule has 6 heteroatoms. The SMILES string of the molecule is NS(=O)(=O)CCNC1COc2ccccc21. The van der Waals surface area contributed by atoms with Crippen molar-refractivity contribution in [3.05, 3.63) is 29.8 Å². The van der Waals surface area contributed by atoms with Gasteiger partial charge in [-0.3, -0.25) is 0 Å². The number of sulfonamides is 1. The van der Waals surface area contributed by atoms with Crippen LogP contribution in [0.4, 0.5) is 0 Å². The van der Waals surface area contributed by atoms with Gasteiger partial charge in [0.05, 0.1) is 11.8 Å². The fourth-order valence-corrected chi connectivity index (χ4v) is 2.11. The van der Waals surface area contributed by atoms with Crippen LogP contribution in [0.25, 0.3) is 0 Å². The maximum atomic E-state index is 10.8. The van der Waals surface area contributed by atoms with Crippen LogP contribution in [0.5, 0.6) is 5.75 Å². The first kappa shape index (κ1) is 11.4. The van der Waals surface area contributed by atoms with E-state index in [-0.39, 0.29) is 11.8 Å². The number of hydrogen-bond donors (Lipinski definition) is 2. The molecule has 0 fully saturated rings. The monoisotopic (exact) mass is 242 g/mol. The zero-order chi connectivity index (χ0) is 11.6. The molecule has 0 saturated heterocycles. The summed E-state index contributed by atoms with van der Waals surface area (Å²) in [4.78, 5) is 0. The van der Waals surface area contributed by atoms with E-state index in [0.717, 1.165) is 11.3 Å².